The van der Waals surface area contributed by atoms with Crippen molar-refractivity contribution in [3.63, 3.8) is 0 Å². The molecule has 0 saturated heterocycles. The van der Waals surface area contributed by atoms with Crippen molar-refractivity contribution in [1.29, 1.82) is 0 Å². The van der Waals surface area contributed by atoms with Crippen molar-refractivity contribution in [3.05, 3.63) is 48.8 Å². The van der Waals surface area contributed by atoms with Crippen LogP contribution in [0.15, 0.2) is 41.1 Å². The summed E-state index contributed by atoms with van der Waals surface area (Å²) in [5.74, 6) is 1.24. The summed E-state index contributed by atoms with van der Waals surface area (Å²) in [5, 5.41) is 1.01. The molecule has 0 aliphatic carbocycles. The molecule has 0 bridgehead atoms. The Morgan fingerprint density at radius 2 is 2.31 bits per heavy atom. The Bertz CT molecular complexity index is 584. The Labute approximate surface area is 91.9 Å². The molecule has 3 aromatic rings. The maximum absolute atomic E-state index is 5.56. The van der Waals surface area contributed by atoms with E-state index in [9.17, 15) is 0 Å². The number of hydrogen-bond donors (Lipinski definition) is 1. The van der Waals surface area contributed by atoms with Gasteiger partial charge in [-0.1, -0.05) is 12.1 Å². The summed E-state index contributed by atoms with van der Waals surface area (Å²) in [6.45, 7) is 0.311. The van der Waals surface area contributed by atoms with E-state index in [-0.39, 0.29) is 0 Å². The van der Waals surface area contributed by atoms with Gasteiger partial charge in [0.05, 0.1) is 6.20 Å². The number of aromatic amines is 1. The van der Waals surface area contributed by atoms with Gasteiger partial charge in [-0.3, -0.25) is 0 Å². The van der Waals surface area contributed by atoms with Crippen LogP contribution in [0, 0.1) is 6.20 Å². The highest BCUT2D eigenvalue weighted by molar-refractivity contribution is 5.85. The van der Waals surface area contributed by atoms with Crippen molar-refractivity contribution in [1.82, 2.24) is 9.97 Å². The van der Waals surface area contributed by atoms with Crippen molar-refractivity contribution >= 4 is 10.9 Å². The van der Waals surface area contributed by atoms with Crippen LogP contribution in [0.1, 0.15) is 5.89 Å². The normalized spacial score (nSPS) is 10.8. The first-order valence-electron chi connectivity index (χ1n) is 4.93. The molecule has 0 saturated carbocycles. The predicted octanol–water partition coefficient (Wildman–Crippen LogP) is 2.54. The van der Waals surface area contributed by atoms with Gasteiger partial charge < -0.3 is 14.1 Å². The molecule has 0 aliphatic heterocycles. The van der Waals surface area contributed by atoms with Crippen LogP contribution < -0.4 is 4.74 Å². The zero-order valence-electron chi connectivity index (χ0n) is 8.43. The molecule has 79 valence electrons. The molecule has 0 atom stereocenters. The van der Waals surface area contributed by atoms with Crippen molar-refractivity contribution < 1.29 is 9.15 Å². The Balaban J connectivity index is 1.84. The van der Waals surface area contributed by atoms with Gasteiger partial charge >= 0.3 is 0 Å². The molecule has 4 heteroatoms. The minimum Gasteiger partial charge on any atom is -0.481 e. The van der Waals surface area contributed by atoms with E-state index in [0.29, 0.717) is 18.2 Å². The minimum atomic E-state index is 0.311. The van der Waals surface area contributed by atoms with Gasteiger partial charge in [0, 0.05) is 10.9 Å². The molecule has 1 aromatic carbocycles. The maximum atomic E-state index is 5.56. The highest BCUT2D eigenvalue weighted by atomic mass is 16.5. The van der Waals surface area contributed by atoms with Crippen LogP contribution in [-0.4, -0.2) is 9.97 Å². The van der Waals surface area contributed by atoms with E-state index >= 15 is 0 Å². The second kappa shape index (κ2) is 3.73. The smallest absolute Gasteiger partial charge is 0.232 e. The molecule has 3 rings (SSSR count). The van der Waals surface area contributed by atoms with E-state index < -0.39 is 0 Å². The standard InChI is InChI=1S/C12H9N2O2/c1-2-4-10-9(3-1)11(7-14-10)16-8-12-13-5-6-15-12/h1-6,14H,8H2. The number of aromatic nitrogens is 2. The minimum absolute atomic E-state index is 0.311. The first-order valence-corrected chi connectivity index (χ1v) is 4.93. The first kappa shape index (κ1) is 9.03. The molecule has 2 heterocycles. The molecule has 0 spiro atoms. The lowest BCUT2D eigenvalue weighted by molar-refractivity contribution is 0.265. The molecule has 1 radical (unpaired) electrons. The molecule has 0 aliphatic rings. The largest absolute Gasteiger partial charge is 0.481 e. The zero-order chi connectivity index (χ0) is 10.8. The summed E-state index contributed by atoms with van der Waals surface area (Å²) in [6.07, 6.45) is 6.08. The van der Waals surface area contributed by atoms with Crippen molar-refractivity contribution in [3.8, 4) is 5.75 Å². The molecule has 0 amide bonds. The maximum Gasteiger partial charge on any atom is 0.232 e. The van der Waals surface area contributed by atoms with E-state index in [1.54, 1.807) is 6.20 Å². The number of H-pyrrole nitrogens is 1. The SMILES string of the molecule is [c]1[nH]c2ccccc2c1OCc1ncco1. The number of fused-ring (bicyclic) bond motifs is 1. The van der Waals surface area contributed by atoms with Crippen molar-refractivity contribution in [2.45, 2.75) is 6.61 Å². The highest BCUT2D eigenvalue weighted by Gasteiger charge is 2.05. The van der Waals surface area contributed by atoms with E-state index in [0.717, 1.165) is 10.9 Å². The van der Waals surface area contributed by atoms with Gasteiger partial charge in [-0.15, -0.1) is 0 Å². The Morgan fingerprint density at radius 3 is 3.19 bits per heavy atom. The molecular formula is C12H9N2O2. The van der Waals surface area contributed by atoms with Gasteiger partial charge in [-0.25, -0.2) is 4.98 Å². The number of hydrogen-bond acceptors (Lipinski definition) is 3. The summed E-state index contributed by atoms with van der Waals surface area (Å²) in [6, 6.07) is 7.88. The number of nitrogens with one attached hydrogen (secondary N) is 1. The zero-order valence-corrected chi connectivity index (χ0v) is 8.43. The fourth-order valence-corrected chi connectivity index (χ4v) is 1.55. The van der Waals surface area contributed by atoms with Crippen LogP contribution in [0.2, 0.25) is 0 Å². The number of benzene rings is 1. The van der Waals surface area contributed by atoms with Crippen molar-refractivity contribution in [2.24, 2.45) is 0 Å². The van der Waals surface area contributed by atoms with Gasteiger partial charge in [0.1, 0.15) is 12.5 Å². The highest BCUT2D eigenvalue weighted by Crippen LogP contribution is 2.24. The molecule has 0 fully saturated rings. The van der Waals surface area contributed by atoms with Crippen LogP contribution in [0.3, 0.4) is 0 Å². The summed E-state index contributed by atoms with van der Waals surface area (Å²) in [5.41, 5.74) is 1.00. The number of para-hydroxylation sites is 1. The number of oxazole rings is 1. The van der Waals surface area contributed by atoms with E-state index in [1.165, 1.54) is 6.26 Å². The summed E-state index contributed by atoms with van der Waals surface area (Å²) < 4.78 is 10.6. The summed E-state index contributed by atoms with van der Waals surface area (Å²) in [7, 11) is 0. The summed E-state index contributed by atoms with van der Waals surface area (Å²) >= 11 is 0. The molecule has 1 N–H and O–H groups in total. The Morgan fingerprint density at radius 1 is 1.38 bits per heavy atom. The Hall–Kier alpha value is -2.23. The fourth-order valence-electron chi connectivity index (χ4n) is 1.55. The molecule has 2 aromatic heterocycles. The van der Waals surface area contributed by atoms with E-state index in [1.807, 2.05) is 24.3 Å². The number of rotatable bonds is 3. The lowest BCUT2D eigenvalue weighted by Crippen LogP contribution is -1.94. The second-order valence-corrected chi connectivity index (χ2v) is 3.34. The Kier molecular flexibility index (Phi) is 2.11. The molecule has 16 heavy (non-hydrogen) atoms. The van der Waals surface area contributed by atoms with E-state index in [2.05, 4.69) is 16.2 Å². The van der Waals surface area contributed by atoms with Gasteiger partial charge in [0.25, 0.3) is 0 Å². The third-order valence-corrected chi connectivity index (χ3v) is 2.31. The first-order chi connectivity index (χ1) is 7.93. The quantitative estimate of drug-likeness (QED) is 0.727. The monoisotopic (exact) mass is 213 g/mol. The van der Waals surface area contributed by atoms with Gasteiger partial charge in [0.2, 0.25) is 5.89 Å². The summed E-state index contributed by atoms with van der Waals surface area (Å²) in [4.78, 5) is 7.00. The second-order valence-electron chi connectivity index (χ2n) is 3.34. The average Bonchev–Trinajstić information content (AvgIpc) is 2.96. The van der Waals surface area contributed by atoms with E-state index in [4.69, 9.17) is 9.15 Å². The predicted molar refractivity (Wildman–Crippen MR) is 58.0 cm³/mol. The van der Waals surface area contributed by atoms with Crippen LogP contribution >= 0.6 is 0 Å². The van der Waals surface area contributed by atoms with Gasteiger partial charge in [-0.05, 0) is 12.1 Å². The van der Waals surface area contributed by atoms with Crippen LogP contribution in [0.5, 0.6) is 5.75 Å². The molecule has 0 unspecified atom stereocenters. The lowest BCUT2D eigenvalue weighted by Gasteiger charge is -2.00. The lowest BCUT2D eigenvalue weighted by atomic mass is 10.2. The molecular weight excluding hydrogens is 204 g/mol. The third kappa shape index (κ3) is 1.54. The average molecular weight is 213 g/mol. The van der Waals surface area contributed by atoms with Gasteiger partial charge in [-0.2, -0.15) is 0 Å². The van der Waals surface area contributed by atoms with Crippen LogP contribution in [-0.2, 0) is 6.61 Å². The number of nitrogens with zero attached hydrogens (tertiary/aromatic N) is 1. The van der Waals surface area contributed by atoms with Crippen molar-refractivity contribution in [2.75, 3.05) is 0 Å². The number of ether oxygens (including phenoxy) is 1. The third-order valence-electron chi connectivity index (χ3n) is 2.31. The van der Waals surface area contributed by atoms with Crippen LogP contribution in [0.25, 0.3) is 10.9 Å². The van der Waals surface area contributed by atoms with Crippen LogP contribution in [0.4, 0.5) is 0 Å². The fraction of sp³-hybridized carbons (Fsp3) is 0.0833. The topological polar surface area (TPSA) is 51.0 Å². The van der Waals surface area contributed by atoms with Gasteiger partial charge in [0.15, 0.2) is 12.4 Å². The molecule has 4 nitrogen and oxygen atoms in total.